The zero-order valence-electron chi connectivity index (χ0n) is 11.6. The monoisotopic (exact) mass is 275 g/mol. The summed E-state index contributed by atoms with van der Waals surface area (Å²) in [6.07, 6.45) is 2.07. The first-order valence-electron chi connectivity index (χ1n) is 6.57. The Hall–Kier alpha value is -2.01. The van der Waals surface area contributed by atoms with Crippen molar-refractivity contribution in [1.82, 2.24) is 4.90 Å². The molecule has 2 aliphatic heterocycles. The Kier molecular flexibility index (Phi) is 3.36. The first-order valence-corrected chi connectivity index (χ1v) is 6.57. The third kappa shape index (κ3) is 2.63. The van der Waals surface area contributed by atoms with Gasteiger partial charge in [0.15, 0.2) is 11.5 Å². The van der Waals surface area contributed by atoms with Gasteiger partial charge in [-0.2, -0.15) is 0 Å². The summed E-state index contributed by atoms with van der Waals surface area (Å²) >= 11 is 0. The van der Waals surface area contributed by atoms with E-state index in [1.807, 2.05) is 24.3 Å². The summed E-state index contributed by atoms with van der Waals surface area (Å²) in [5.41, 5.74) is 1.51. The Morgan fingerprint density at radius 2 is 2.25 bits per heavy atom. The van der Waals surface area contributed by atoms with Crippen LogP contribution >= 0.6 is 0 Å². The number of carbonyl (C=O) groups excluding carboxylic acids is 1. The molecule has 2 aliphatic rings. The molecule has 0 spiro atoms. The number of rotatable bonds is 4. The molecule has 0 aromatic heterocycles. The Morgan fingerprint density at radius 3 is 2.95 bits per heavy atom. The molecule has 1 unspecified atom stereocenters. The topological polar surface area (TPSA) is 51.3 Å². The normalized spacial score (nSPS) is 19.5. The summed E-state index contributed by atoms with van der Waals surface area (Å²) in [5, 5.41) is 0. The van der Waals surface area contributed by atoms with Crippen LogP contribution in [0.15, 0.2) is 23.8 Å². The summed E-state index contributed by atoms with van der Waals surface area (Å²) in [6, 6.07) is 5.68. The second kappa shape index (κ2) is 5.17. The number of nitrogens with zero attached hydrogens (tertiary/aromatic N) is 1. The van der Waals surface area contributed by atoms with Crippen LogP contribution in [0, 0.1) is 0 Å². The van der Waals surface area contributed by atoms with Gasteiger partial charge in [0.05, 0.1) is 12.2 Å². The average molecular weight is 275 g/mol. The molecule has 1 aromatic rings. The van der Waals surface area contributed by atoms with Crippen LogP contribution in [0.4, 0.5) is 0 Å². The van der Waals surface area contributed by atoms with E-state index in [9.17, 15) is 4.79 Å². The molecular formula is C15H17NO4. The predicted molar refractivity (Wildman–Crippen MR) is 73.8 cm³/mol. The van der Waals surface area contributed by atoms with Gasteiger partial charge in [0.2, 0.25) is 0 Å². The molecule has 3 rings (SSSR count). The van der Waals surface area contributed by atoms with Gasteiger partial charge in [0.25, 0.3) is 5.91 Å². The fourth-order valence-corrected chi connectivity index (χ4v) is 2.05. The lowest BCUT2D eigenvalue weighted by Crippen LogP contribution is -2.27. The number of ether oxygens (including phenoxy) is 3. The van der Waals surface area contributed by atoms with Gasteiger partial charge in [-0.3, -0.25) is 4.79 Å². The Labute approximate surface area is 117 Å². The summed E-state index contributed by atoms with van der Waals surface area (Å²) in [5.74, 6) is 1.36. The molecule has 0 N–H and O–H groups in total. The minimum atomic E-state index is -0.0339. The van der Waals surface area contributed by atoms with E-state index in [1.165, 1.54) is 0 Å². The largest absolute Gasteiger partial charge is 0.487 e. The van der Waals surface area contributed by atoms with Crippen LogP contribution in [0.2, 0.25) is 0 Å². The minimum Gasteiger partial charge on any atom is -0.487 e. The van der Waals surface area contributed by atoms with E-state index in [2.05, 4.69) is 0 Å². The molecule has 1 atom stereocenters. The van der Waals surface area contributed by atoms with E-state index in [0.29, 0.717) is 23.7 Å². The lowest BCUT2D eigenvalue weighted by Gasteiger charge is -2.21. The smallest absolute Gasteiger partial charge is 0.252 e. The highest BCUT2D eigenvalue weighted by atomic mass is 16.6. The van der Waals surface area contributed by atoms with Gasteiger partial charge < -0.3 is 19.1 Å². The van der Waals surface area contributed by atoms with Gasteiger partial charge in [0, 0.05) is 19.7 Å². The zero-order valence-corrected chi connectivity index (χ0v) is 11.6. The van der Waals surface area contributed by atoms with Crippen molar-refractivity contribution in [1.29, 1.82) is 0 Å². The molecular weight excluding hydrogens is 258 g/mol. The highest BCUT2D eigenvalue weighted by Gasteiger charge is 2.25. The van der Waals surface area contributed by atoms with Crippen molar-refractivity contribution >= 4 is 12.0 Å². The van der Waals surface area contributed by atoms with Crippen LogP contribution in [0.25, 0.3) is 6.08 Å². The van der Waals surface area contributed by atoms with Crippen LogP contribution < -0.4 is 9.47 Å². The molecule has 1 amide bonds. The number of hydrogen-bond donors (Lipinski definition) is 0. The van der Waals surface area contributed by atoms with Gasteiger partial charge >= 0.3 is 0 Å². The molecule has 1 saturated heterocycles. The Morgan fingerprint density at radius 1 is 1.45 bits per heavy atom. The predicted octanol–water partition coefficient (Wildman–Crippen LogP) is 1.33. The summed E-state index contributed by atoms with van der Waals surface area (Å²) in [7, 11) is 3.46. The van der Waals surface area contributed by atoms with Gasteiger partial charge in [-0.05, 0) is 12.1 Å². The molecule has 0 saturated carbocycles. The second-order valence-corrected chi connectivity index (χ2v) is 5.10. The van der Waals surface area contributed by atoms with Crippen LogP contribution in [-0.2, 0) is 9.53 Å². The van der Waals surface area contributed by atoms with E-state index in [0.717, 1.165) is 12.2 Å². The quantitative estimate of drug-likeness (QED) is 0.778. The third-order valence-corrected chi connectivity index (χ3v) is 3.22. The van der Waals surface area contributed by atoms with Crippen LogP contribution in [-0.4, -0.2) is 50.8 Å². The molecule has 20 heavy (non-hydrogen) atoms. The van der Waals surface area contributed by atoms with E-state index >= 15 is 0 Å². The lowest BCUT2D eigenvalue weighted by molar-refractivity contribution is -0.125. The molecule has 106 valence electrons. The number of likely N-dealkylation sites (N-methyl/N-ethyl adjacent to an activating group) is 1. The molecule has 1 aromatic carbocycles. The van der Waals surface area contributed by atoms with Gasteiger partial charge in [-0.25, -0.2) is 0 Å². The Bertz CT molecular complexity index is 561. The van der Waals surface area contributed by atoms with Crippen LogP contribution in [0.3, 0.4) is 0 Å². The van der Waals surface area contributed by atoms with Gasteiger partial charge in [-0.15, -0.1) is 0 Å². The third-order valence-electron chi connectivity index (χ3n) is 3.22. The molecule has 2 heterocycles. The zero-order chi connectivity index (χ0) is 14.1. The second-order valence-electron chi connectivity index (χ2n) is 5.10. The van der Waals surface area contributed by atoms with Gasteiger partial charge in [0.1, 0.15) is 19.3 Å². The van der Waals surface area contributed by atoms with E-state index in [-0.39, 0.29) is 18.6 Å². The molecule has 0 aliphatic carbocycles. The molecule has 5 nitrogen and oxygen atoms in total. The fraction of sp³-hybridized carbons (Fsp3) is 0.400. The van der Waals surface area contributed by atoms with Crippen molar-refractivity contribution in [2.45, 2.75) is 6.10 Å². The van der Waals surface area contributed by atoms with E-state index < -0.39 is 0 Å². The van der Waals surface area contributed by atoms with E-state index in [1.54, 1.807) is 19.0 Å². The first kappa shape index (κ1) is 13.0. The molecule has 0 bridgehead atoms. The van der Waals surface area contributed by atoms with Crippen molar-refractivity contribution in [2.24, 2.45) is 0 Å². The summed E-state index contributed by atoms with van der Waals surface area (Å²) in [4.78, 5) is 13.5. The standard InChI is InChI=1S/C15H17NO4/c1-16(2)15(17)11-6-10-4-3-5-13(14(10)20-7-11)19-9-12-8-18-12/h3-6,12H,7-9H2,1-2H3. The number of benzene rings is 1. The number of amides is 1. The average Bonchev–Trinajstić information content (AvgIpc) is 3.27. The Balaban J connectivity index is 1.82. The number of carbonyl (C=O) groups is 1. The van der Waals surface area contributed by atoms with Crippen LogP contribution in [0.5, 0.6) is 11.5 Å². The first-order chi connectivity index (χ1) is 9.65. The van der Waals surface area contributed by atoms with Crippen molar-refractivity contribution in [3.63, 3.8) is 0 Å². The fourth-order valence-electron chi connectivity index (χ4n) is 2.05. The number of para-hydroxylation sites is 1. The maximum absolute atomic E-state index is 11.9. The summed E-state index contributed by atoms with van der Waals surface area (Å²) < 4.78 is 16.5. The maximum atomic E-state index is 11.9. The molecule has 1 fully saturated rings. The number of fused-ring (bicyclic) bond motifs is 1. The van der Waals surface area contributed by atoms with Crippen molar-refractivity contribution in [3.8, 4) is 11.5 Å². The maximum Gasteiger partial charge on any atom is 0.252 e. The van der Waals surface area contributed by atoms with Crippen molar-refractivity contribution in [3.05, 3.63) is 29.3 Å². The minimum absolute atomic E-state index is 0.0339. The highest BCUT2D eigenvalue weighted by molar-refractivity contribution is 5.99. The summed E-state index contributed by atoms with van der Waals surface area (Å²) in [6.45, 7) is 1.56. The van der Waals surface area contributed by atoms with Crippen molar-refractivity contribution < 1.29 is 19.0 Å². The number of hydrogen-bond acceptors (Lipinski definition) is 4. The van der Waals surface area contributed by atoms with E-state index in [4.69, 9.17) is 14.2 Å². The lowest BCUT2D eigenvalue weighted by atomic mass is 10.1. The molecule has 0 radical (unpaired) electrons. The number of epoxide rings is 1. The van der Waals surface area contributed by atoms with Gasteiger partial charge in [-0.1, -0.05) is 12.1 Å². The van der Waals surface area contributed by atoms with Crippen molar-refractivity contribution in [2.75, 3.05) is 33.9 Å². The SMILES string of the molecule is CN(C)C(=O)C1=Cc2cccc(OCC3CO3)c2OC1. The van der Waals surface area contributed by atoms with Crippen LogP contribution in [0.1, 0.15) is 5.56 Å². The molecule has 5 heteroatoms. The highest BCUT2D eigenvalue weighted by Crippen LogP contribution is 2.36.